The molecule has 0 aliphatic heterocycles. The van der Waals surface area contributed by atoms with Crippen molar-refractivity contribution in [2.45, 2.75) is 18.0 Å². The molecule has 31 heavy (non-hydrogen) atoms. The molecule has 0 saturated carbocycles. The van der Waals surface area contributed by atoms with Crippen molar-refractivity contribution in [2.75, 3.05) is 7.11 Å². The molecule has 0 aliphatic carbocycles. The van der Waals surface area contributed by atoms with Crippen LogP contribution < -0.4 is 14.8 Å². The lowest BCUT2D eigenvalue weighted by Gasteiger charge is -2.09. The van der Waals surface area contributed by atoms with Crippen molar-refractivity contribution < 1.29 is 22.3 Å². The molecule has 2 N–H and O–H groups in total. The van der Waals surface area contributed by atoms with E-state index in [-0.39, 0.29) is 28.1 Å². The van der Waals surface area contributed by atoms with E-state index in [0.29, 0.717) is 12.1 Å². The maximum absolute atomic E-state index is 13.2. The lowest BCUT2D eigenvalue weighted by Crippen LogP contribution is -2.25. The van der Waals surface area contributed by atoms with Crippen LogP contribution in [0.3, 0.4) is 0 Å². The fourth-order valence-corrected chi connectivity index (χ4v) is 3.87. The molecular formula is C21H19ClFN3O4S. The molecule has 3 rings (SSSR count). The zero-order chi connectivity index (χ0) is 22.4. The van der Waals surface area contributed by atoms with Crippen molar-refractivity contribution in [3.05, 3.63) is 88.5 Å². The average molecular weight is 464 g/mol. The van der Waals surface area contributed by atoms with Gasteiger partial charge in [0.15, 0.2) is 0 Å². The van der Waals surface area contributed by atoms with E-state index in [1.165, 1.54) is 12.3 Å². The van der Waals surface area contributed by atoms with Crippen molar-refractivity contribution in [1.82, 2.24) is 15.0 Å². The average Bonchev–Trinajstić information content (AvgIpc) is 2.78. The first-order valence-electron chi connectivity index (χ1n) is 9.09. The molecule has 2 aromatic carbocycles. The first-order chi connectivity index (χ1) is 14.8. The highest BCUT2D eigenvalue weighted by Crippen LogP contribution is 2.19. The predicted molar refractivity (Wildman–Crippen MR) is 114 cm³/mol. The summed E-state index contributed by atoms with van der Waals surface area (Å²) in [7, 11) is -2.31. The number of ether oxygens (including phenoxy) is 1. The van der Waals surface area contributed by atoms with E-state index < -0.39 is 15.8 Å². The Morgan fingerprint density at radius 1 is 1.06 bits per heavy atom. The quantitative estimate of drug-likeness (QED) is 0.534. The molecule has 3 aromatic rings. The standard InChI is InChI=1S/C21H19ClFN3O4S/c1-30-16-5-2-14(3-6-16)11-25-21(27)20-9-4-15(12-24-20)13-26-31(28,29)17-7-8-19(23)18(22)10-17/h2-10,12,26H,11,13H2,1H3,(H,25,27). The number of sulfonamides is 1. The summed E-state index contributed by atoms with van der Waals surface area (Å²) >= 11 is 5.64. The second-order valence-electron chi connectivity index (χ2n) is 6.48. The summed E-state index contributed by atoms with van der Waals surface area (Å²) in [5.41, 5.74) is 1.65. The minimum Gasteiger partial charge on any atom is -0.497 e. The normalized spacial score (nSPS) is 11.2. The summed E-state index contributed by atoms with van der Waals surface area (Å²) in [5.74, 6) is -0.333. The van der Waals surface area contributed by atoms with Crippen molar-refractivity contribution in [1.29, 1.82) is 0 Å². The van der Waals surface area contributed by atoms with Crippen LogP contribution in [-0.2, 0) is 23.1 Å². The van der Waals surface area contributed by atoms with Crippen molar-refractivity contribution >= 4 is 27.5 Å². The van der Waals surface area contributed by atoms with Crippen LogP contribution in [0, 0.1) is 5.82 Å². The van der Waals surface area contributed by atoms with E-state index in [4.69, 9.17) is 16.3 Å². The van der Waals surface area contributed by atoms with Crippen LogP contribution in [0.1, 0.15) is 21.6 Å². The second-order valence-corrected chi connectivity index (χ2v) is 8.66. The van der Waals surface area contributed by atoms with Crippen LogP contribution >= 0.6 is 11.6 Å². The second kappa shape index (κ2) is 9.86. The predicted octanol–water partition coefficient (Wildman–Crippen LogP) is 3.29. The SMILES string of the molecule is COc1ccc(CNC(=O)c2ccc(CNS(=O)(=O)c3ccc(F)c(Cl)c3)cn2)cc1. The molecular weight excluding hydrogens is 445 g/mol. The van der Waals surface area contributed by atoms with Crippen LogP contribution in [0.5, 0.6) is 5.75 Å². The van der Waals surface area contributed by atoms with Gasteiger partial charge in [0.2, 0.25) is 10.0 Å². The number of carbonyl (C=O) groups excluding carboxylic acids is 1. The Labute approximate surface area is 184 Å². The van der Waals surface area contributed by atoms with Crippen LogP contribution in [0.2, 0.25) is 5.02 Å². The van der Waals surface area contributed by atoms with Crippen molar-refractivity contribution in [2.24, 2.45) is 0 Å². The van der Waals surface area contributed by atoms with Crippen LogP contribution in [0.4, 0.5) is 4.39 Å². The van der Waals surface area contributed by atoms with Gasteiger partial charge in [0, 0.05) is 19.3 Å². The number of aromatic nitrogens is 1. The number of pyridine rings is 1. The highest BCUT2D eigenvalue weighted by molar-refractivity contribution is 7.89. The molecule has 0 radical (unpaired) electrons. The van der Waals surface area contributed by atoms with Gasteiger partial charge in [-0.15, -0.1) is 0 Å². The molecule has 0 bridgehead atoms. The van der Waals surface area contributed by atoms with Gasteiger partial charge in [0.05, 0.1) is 17.0 Å². The minimum atomic E-state index is -3.89. The maximum atomic E-state index is 13.2. The molecule has 0 atom stereocenters. The van der Waals surface area contributed by atoms with E-state index >= 15 is 0 Å². The lowest BCUT2D eigenvalue weighted by atomic mass is 10.2. The van der Waals surface area contributed by atoms with Gasteiger partial charge in [-0.25, -0.2) is 17.5 Å². The molecule has 0 spiro atoms. The van der Waals surface area contributed by atoms with E-state index in [2.05, 4.69) is 15.0 Å². The van der Waals surface area contributed by atoms with Crippen LogP contribution in [-0.4, -0.2) is 26.4 Å². The van der Waals surface area contributed by atoms with E-state index in [9.17, 15) is 17.6 Å². The summed E-state index contributed by atoms with van der Waals surface area (Å²) in [6, 6.07) is 13.5. The van der Waals surface area contributed by atoms with Crippen LogP contribution in [0.15, 0.2) is 65.7 Å². The number of benzene rings is 2. The topological polar surface area (TPSA) is 97.4 Å². The maximum Gasteiger partial charge on any atom is 0.270 e. The number of nitrogens with one attached hydrogen (secondary N) is 2. The molecule has 1 amide bonds. The minimum absolute atomic E-state index is 0.0575. The molecule has 162 valence electrons. The summed E-state index contributed by atoms with van der Waals surface area (Å²) in [6.07, 6.45) is 1.41. The van der Waals surface area contributed by atoms with Crippen LogP contribution in [0.25, 0.3) is 0 Å². The fourth-order valence-electron chi connectivity index (χ4n) is 2.59. The van der Waals surface area contributed by atoms with Gasteiger partial charge in [0.1, 0.15) is 17.3 Å². The third-order valence-electron chi connectivity index (χ3n) is 4.34. The molecule has 1 aromatic heterocycles. The first kappa shape index (κ1) is 22.7. The first-order valence-corrected chi connectivity index (χ1v) is 11.0. The molecule has 7 nitrogen and oxygen atoms in total. The number of rotatable bonds is 8. The molecule has 0 aliphatic rings. The number of amides is 1. The molecule has 0 saturated heterocycles. The van der Waals surface area contributed by atoms with Gasteiger partial charge in [-0.3, -0.25) is 9.78 Å². The van der Waals surface area contributed by atoms with Gasteiger partial charge in [0.25, 0.3) is 5.91 Å². The summed E-state index contributed by atoms with van der Waals surface area (Å²) < 4.78 is 45.3. The number of halogens is 2. The number of hydrogen-bond acceptors (Lipinski definition) is 5. The van der Waals surface area contributed by atoms with Gasteiger partial charge < -0.3 is 10.1 Å². The third kappa shape index (κ3) is 6.00. The summed E-state index contributed by atoms with van der Waals surface area (Å²) in [5, 5.41) is 2.48. The van der Waals surface area contributed by atoms with Crippen molar-refractivity contribution in [3.63, 3.8) is 0 Å². The Bertz CT molecular complexity index is 1170. The summed E-state index contributed by atoms with van der Waals surface area (Å²) in [4.78, 5) is 16.2. The van der Waals surface area contributed by atoms with Gasteiger partial charge in [-0.1, -0.05) is 29.8 Å². The Kier molecular flexibility index (Phi) is 7.21. The monoisotopic (exact) mass is 463 g/mol. The van der Waals surface area contributed by atoms with E-state index in [0.717, 1.165) is 29.5 Å². The lowest BCUT2D eigenvalue weighted by molar-refractivity contribution is 0.0946. The summed E-state index contributed by atoms with van der Waals surface area (Å²) in [6.45, 7) is 0.268. The zero-order valence-electron chi connectivity index (χ0n) is 16.4. The molecule has 10 heteroatoms. The number of nitrogens with zero attached hydrogens (tertiary/aromatic N) is 1. The highest BCUT2D eigenvalue weighted by Gasteiger charge is 2.16. The van der Waals surface area contributed by atoms with Crippen molar-refractivity contribution in [3.8, 4) is 5.75 Å². The van der Waals surface area contributed by atoms with Gasteiger partial charge in [-0.2, -0.15) is 0 Å². The van der Waals surface area contributed by atoms with E-state index in [1.807, 2.05) is 12.1 Å². The smallest absolute Gasteiger partial charge is 0.270 e. The van der Waals surface area contributed by atoms with E-state index in [1.54, 1.807) is 25.3 Å². The van der Waals surface area contributed by atoms with Gasteiger partial charge >= 0.3 is 0 Å². The molecule has 1 heterocycles. The largest absolute Gasteiger partial charge is 0.497 e. The fraction of sp³-hybridized carbons (Fsp3) is 0.143. The Hall–Kier alpha value is -3.01. The Morgan fingerprint density at radius 3 is 2.39 bits per heavy atom. The molecule has 0 unspecified atom stereocenters. The third-order valence-corrected chi connectivity index (χ3v) is 6.03. The molecule has 0 fully saturated rings. The number of methoxy groups -OCH3 is 1. The Balaban J connectivity index is 1.56. The number of hydrogen-bond donors (Lipinski definition) is 2. The highest BCUT2D eigenvalue weighted by atomic mass is 35.5. The van der Waals surface area contributed by atoms with Gasteiger partial charge in [-0.05, 0) is 47.5 Å². The Morgan fingerprint density at radius 2 is 1.77 bits per heavy atom. The zero-order valence-corrected chi connectivity index (χ0v) is 18.0. The number of carbonyl (C=O) groups is 1.